The maximum Gasteiger partial charge on any atom is 0.160 e. The molecule has 0 spiro atoms. The van der Waals surface area contributed by atoms with Gasteiger partial charge in [0.15, 0.2) is 5.65 Å². The Hall–Kier alpha value is -2.36. The van der Waals surface area contributed by atoms with Crippen molar-refractivity contribution in [1.29, 1.82) is 0 Å². The Kier molecular flexibility index (Phi) is 3.14. The Bertz CT molecular complexity index is 758. The Morgan fingerprint density at radius 1 is 1.20 bits per heavy atom. The number of aromatic nitrogens is 3. The third-order valence-electron chi connectivity index (χ3n) is 3.52. The molecule has 0 aliphatic heterocycles. The Labute approximate surface area is 118 Å². The number of aryl methyl sites for hydroxylation is 2. The molecule has 3 rings (SSSR count). The van der Waals surface area contributed by atoms with Crippen LogP contribution in [0.4, 0.5) is 5.69 Å². The number of nitrogens with zero attached hydrogens (tertiary/aromatic N) is 3. The molecule has 0 aliphatic rings. The first-order valence-corrected chi connectivity index (χ1v) is 6.89. The number of hydrogen-bond donors (Lipinski definition) is 1. The van der Waals surface area contributed by atoms with E-state index in [1.165, 1.54) is 0 Å². The third-order valence-corrected chi connectivity index (χ3v) is 3.52. The summed E-state index contributed by atoms with van der Waals surface area (Å²) in [5, 5.41) is 0. The van der Waals surface area contributed by atoms with E-state index in [-0.39, 0.29) is 0 Å². The van der Waals surface area contributed by atoms with Crippen LogP contribution in [0.25, 0.3) is 22.6 Å². The molecule has 1 aromatic carbocycles. The highest BCUT2D eigenvalue weighted by atomic mass is 15.1. The molecule has 3 aromatic rings. The van der Waals surface area contributed by atoms with E-state index in [0.717, 1.165) is 46.8 Å². The maximum absolute atomic E-state index is 6.23. The quantitative estimate of drug-likeness (QED) is 0.739. The van der Waals surface area contributed by atoms with Gasteiger partial charge in [0.2, 0.25) is 0 Å². The largest absolute Gasteiger partial charge is 0.398 e. The maximum atomic E-state index is 6.23. The van der Waals surface area contributed by atoms with Crippen LogP contribution in [-0.4, -0.2) is 14.5 Å². The molecular weight excluding hydrogens is 248 g/mol. The summed E-state index contributed by atoms with van der Waals surface area (Å²) in [5.74, 6) is 0.904. The second kappa shape index (κ2) is 4.96. The number of pyridine rings is 1. The molecule has 0 amide bonds. The van der Waals surface area contributed by atoms with Gasteiger partial charge in [0, 0.05) is 24.0 Å². The summed E-state index contributed by atoms with van der Waals surface area (Å²) >= 11 is 0. The first-order chi connectivity index (χ1) is 9.72. The minimum absolute atomic E-state index is 0.792. The molecule has 0 atom stereocenters. The summed E-state index contributed by atoms with van der Waals surface area (Å²) in [5.41, 5.74) is 10.9. The van der Waals surface area contributed by atoms with Crippen LogP contribution in [0.5, 0.6) is 0 Å². The van der Waals surface area contributed by atoms with Crippen LogP contribution in [0.3, 0.4) is 0 Å². The van der Waals surface area contributed by atoms with Gasteiger partial charge < -0.3 is 10.3 Å². The molecule has 4 nitrogen and oxygen atoms in total. The van der Waals surface area contributed by atoms with Crippen molar-refractivity contribution in [3.05, 3.63) is 42.1 Å². The van der Waals surface area contributed by atoms with Crippen LogP contribution in [-0.2, 0) is 6.54 Å². The summed E-state index contributed by atoms with van der Waals surface area (Å²) in [4.78, 5) is 9.18. The smallest absolute Gasteiger partial charge is 0.160 e. The topological polar surface area (TPSA) is 56.7 Å². The normalized spacial score (nSPS) is 11.1. The fourth-order valence-corrected chi connectivity index (χ4v) is 2.48. The summed E-state index contributed by atoms with van der Waals surface area (Å²) in [7, 11) is 0. The van der Waals surface area contributed by atoms with E-state index >= 15 is 0 Å². The van der Waals surface area contributed by atoms with Crippen molar-refractivity contribution >= 4 is 16.9 Å². The number of anilines is 1. The second-order valence-corrected chi connectivity index (χ2v) is 4.97. The van der Waals surface area contributed by atoms with Crippen molar-refractivity contribution in [2.45, 2.75) is 26.8 Å². The highest BCUT2D eigenvalue weighted by Crippen LogP contribution is 2.30. The lowest BCUT2D eigenvalue weighted by molar-refractivity contribution is 0.698. The fourth-order valence-electron chi connectivity index (χ4n) is 2.48. The highest BCUT2D eigenvalue weighted by molar-refractivity contribution is 5.82. The van der Waals surface area contributed by atoms with Crippen LogP contribution in [0.15, 0.2) is 36.5 Å². The van der Waals surface area contributed by atoms with E-state index < -0.39 is 0 Å². The number of nitrogen functional groups attached to an aromatic ring is 1. The number of nitrogens with two attached hydrogens (primary N) is 1. The van der Waals surface area contributed by atoms with Gasteiger partial charge in [0.1, 0.15) is 11.3 Å². The van der Waals surface area contributed by atoms with Gasteiger partial charge in [-0.1, -0.05) is 19.1 Å². The van der Waals surface area contributed by atoms with Gasteiger partial charge in [0.25, 0.3) is 0 Å². The van der Waals surface area contributed by atoms with E-state index in [1.807, 2.05) is 37.3 Å². The van der Waals surface area contributed by atoms with Gasteiger partial charge in [-0.25, -0.2) is 9.97 Å². The zero-order valence-electron chi connectivity index (χ0n) is 11.8. The van der Waals surface area contributed by atoms with Crippen molar-refractivity contribution in [3.63, 3.8) is 0 Å². The average Bonchev–Trinajstić information content (AvgIpc) is 2.81. The molecule has 0 saturated heterocycles. The van der Waals surface area contributed by atoms with Crippen LogP contribution in [0, 0.1) is 6.92 Å². The molecule has 0 bridgehead atoms. The van der Waals surface area contributed by atoms with Gasteiger partial charge >= 0.3 is 0 Å². The lowest BCUT2D eigenvalue weighted by Gasteiger charge is -2.10. The van der Waals surface area contributed by atoms with E-state index in [9.17, 15) is 0 Å². The van der Waals surface area contributed by atoms with Gasteiger partial charge in [-0.3, -0.25) is 0 Å². The van der Waals surface area contributed by atoms with Crippen molar-refractivity contribution in [2.75, 3.05) is 5.73 Å². The first-order valence-electron chi connectivity index (χ1n) is 6.89. The zero-order valence-corrected chi connectivity index (χ0v) is 11.8. The molecule has 4 heteroatoms. The zero-order chi connectivity index (χ0) is 14.1. The average molecular weight is 266 g/mol. The molecule has 20 heavy (non-hydrogen) atoms. The number of benzene rings is 1. The van der Waals surface area contributed by atoms with Gasteiger partial charge in [-0.05, 0) is 37.1 Å². The van der Waals surface area contributed by atoms with Gasteiger partial charge in [-0.15, -0.1) is 0 Å². The second-order valence-electron chi connectivity index (χ2n) is 4.97. The standard InChI is InChI=1S/C16H18N4/c1-3-10-20-15(12-7-4-6-11(2)14(12)17)19-13-8-5-9-18-16(13)20/h4-9H,3,10,17H2,1-2H3. The predicted octanol–water partition coefficient (Wildman–Crippen LogP) is 3.40. The summed E-state index contributed by atoms with van der Waals surface area (Å²) in [6.07, 6.45) is 2.83. The van der Waals surface area contributed by atoms with E-state index in [1.54, 1.807) is 6.20 Å². The van der Waals surface area contributed by atoms with E-state index in [4.69, 9.17) is 10.7 Å². The Morgan fingerprint density at radius 2 is 2.05 bits per heavy atom. The fraction of sp³-hybridized carbons (Fsp3) is 0.250. The van der Waals surface area contributed by atoms with E-state index in [2.05, 4.69) is 16.5 Å². The molecule has 102 valence electrons. The number of para-hydroxylation sites is 1. The number of hydrogen-bond acceptors (Lipinski definition) is 3. The molecule has 0 saturated carbocycles. The molecule has 0 unspecified atom stereocenters. The van der Waals surface area contributed by atoms with E-state index in [0.29, 0.717) is 0 Å². The van der Waals surface area contributed by atoms with Crippen LogP contribution >= 0.6 is 0 Å². The molecule has 0 fully saturated rings. The minimum Gasteiger partial charge on any atom is -0.398 e. The number of fused-ring (bicyclic) bond motifs is 1. The monoisotopic (exact) mass is 266 g/mol. The van der Waals surface area contributed by atoms with Crippen molar-refractivity contribution in [2.24, 2.45) is 0 Å². The Morgan fingerprint density at radius 3 is 2.85 bits per heavy atom. The molecule has 2 heterocycles. The molecule has 0 aliphatic carbocycles. The first kappa shape index (κ1) is 12.7. The molecule has 0 radical (unpaired) electrons. The van der Waals surface area contributed by atoms with Crippen LogP contribution in [0.1, 0.15) is 18.9 Å². The van der Waals surface area contributed by atoms with Crippen LogP contribution in [0.2, 0.25) is 0 Å². The van der Waals surface area contributed by atoms with Crippen molar-refractivity contribution in [3.8, 4) is 11.4 Å². The molecular formula is C16H18N4. The highest BCUT2D eigenvalue weighted by Gasteiger charge is 2.15. The molecule has 2 aromatic heterocycles. The lowest BCUT2D eigenvalue weighted by atomic mass is 10.1. The summed E-state index contributed by atoms with van der Waals surface area (Å²) in [6.45, 7) is 5.05. The Balaban J connectivity index is 2.29. The SMILES string of the molecule is CCCn1c(-c2cccc(C)c2N)nc2cccnc21. The summed E-state index contributed by atoms with van der Waals surface area (Å²) < 4.78 is 2.15. The third kappa shape index (κ3) is 1.93. The molecule has 2 N–H and O–H groups in total. The van der Waals surface area contributed by atoms with Crippen LogP contribution < -0.4 is 5.73 Å². The predicted molar refractivity (Wildman–Crippen MR) is 82.4 cm³/mol. The lowest BCUT2D eigenvalue weighted by Crippen LogP contribution is -2.03. The minimum atomic E-state index is 0.792. The van der Waals surface area contributed by atoms with Crippen molar-refractivity contribution in [1.82, 2.24) is 14.5 Å². The number of rotatable bonds is 3. The van der Waals surface area contributed by atoms with Gasteiger partial charge in [-0.2, -0.15) is 0 Å². The van der Waals surface area contributed by atoms with Crippen molar-refractivity contribution < 1.29 is 0 Å². The summed E-state index contributed by atoms with van der Waals surface area (Å²) in [6, 6.07) is 9.96. The van der Waals surface area contributed by atoms with Gasteiger partial charge in [0.05, 0.1) is 0 Å². The number of imidazole rings is 1.